The molecule has 2 heterocycles. The van der Waals surface area contributed by atoms with Gasteiger partial charge in [-0.3, -0.25) is 9.78 Å². The minimum Gasteiger partial charge on any atom is -0.354 e. The molecule has 5 nitrogen and oxygen atoms in total. The van der Waals surface area contributed by atoms with E-state index in [0.29, 0.717) is 5.56 Å². The van der Waals surface area contributed by atoms with Gasteiger partial charge in [0, 0.05) is 28.9 Å². The van der Waals surface area contributed by atoms with E-state index in [2.05, 4.69) is 20.5 Å². The Morgan fingerprint density at radius 3 is 2.80 bits per heavy atom. The van der Waals surface area contributed by atoms with Crippen molar-refractivity contribution >= 4 is 23.0 Å². The van der Waals surface area contributed by atoms with Crippen LogP contribution in [0.15, 0.2) is 60.0 Å². The number of hydrogen-bond donors (Lipinski definition) is 2. The fourth-order valence-electron chi connectivity index (χ4n) is 1.89. The van der Waals surface area contributed by atoms with Crippen LogP contribution < -0.4 is 5.43 Å². The number of fused-ring (bicyclic) bond motifs is 1. The Hall–Kier alpha value is -2.95. The Kier molecular flexibility index (Phi) is 3.24. The van der Waals surface area contributed by atoms with Gasteiger partial charge in [-0.1, -0.05) is 18.2 Å². The maximum absolute atomic E-state index is 11.7. The number of aromatic nitrogens is 2. The first kappa shape index (κ1) is 12.1. The number of benzene rings is 1. The summed E-state index contributed by atoms with van der Waals surface area (Å²) in [5.74, 6) is -0.264. The summed E-state index contributed by atoms with van der Waals surface area (Å²) in [5.41, 5.74) is 4.87. The number of pyridine rings is 1. The van der Waals surface area contributed by atoms with Crippen molar-refractivity contribution in [1.29, 1.82) is 0 Å². The van der Waals surface area contributed by atoms with E-state index >= 15 is 0 Å². The van der Waals surface area contributed by atoms with Crippen molar-refractivity contribution in [1.82, 2.24) is 15.4 Å². The SMILES string of the molecule is O=C(N/N=C/c1cc2ccccc2[nH]1)c1ccncc1. The van der Waals surface area contributed by atoms with E-state index in [1.54, 1.807) is 30.7 Å². The smallest absolute Gasteiger partial charge is 0.271 e. The molecule has 3 aromatic rings. The third kappa shape index (κ3) is 2.56. The molecule has 2 aromatic heterocycles. The molecule has 0 radical (unpaired) electrons. The molecular formula is C15H12N4O. The molecule has 0 fully saturated rings. The molecule has 0 saturated heterocycles. The van der Waals surface area contributed by atoms with E-state index < -0.39 is 0 Å². The fraction of sp³-hybridized carbons (Fsp3) is 0. The second kappa shape index (κ2) is 5.36. The average molecular weight is 264 g/mol. The summed E-state index contributed by atoms with van der Waals surface area (Å²) < 4.78 is 0. The van der Waals surface area contributed by atoms with Gasteiger partial charge in [-0.15, -0.1) is 0 Å². The van der Waals surface area contributed by atoms with Crippen LogP contribution in [-0.4, -0.2) is 22.1 Å². The summed E-state index contributed by atoms with van der Waals surface area (Å²) in [6.07, 6.45) is 4.71. The van der Waals surface area contributed by atoms with Gasteiger partial charge in [0.15, 0.2) is 0 Å². The van der Waals surface area contributed by atoms with Crippen LogP contribution in [0.4, 0.5) is 0 Å². The molecule has 2 N–H and O–H groups in total. The Labute approximate surface area is 115 Å². The van der Waals surface area contributed by atoms with Gasteiger partial charge in [0.05, 0.1) is 11.9 Å². The molecule has 0 saturated carbocycles. The van der Waals surface area contributed by atoms with Crippen LogP contribution >= 0.6 is 0 Å². The summed E-state index contributed by atoms with van der Waals surface area (Å²) in [4.78, 5) is 18.8. The van der Waals surface area contributed by atoms with Gasteiger partial charge in [0.2, 0.25) is 0 Å². The molecular weight excluding hydrogens is 252 g/mol. The monoisotopic (exact) mass is 264 g/mol. The van der Waals surface area contributed by atoms with Gasteiger partial charge in [-0.2, -0.15) is 5.10 Å². The van der Waals surface area contributed by atoms with Crippen molar-refractivity contribution in [3.63, 3.8) is 0 Å². The maximum atomic E-state index is 11.7. The van der Waals surface area contributed by atoms with E-state index in [1.165, 1.54) is 0 Å². The summed E-state index contributed by atoms with van der Waals surface area (Å²) in [6.45, 7) is 0. The Balaban J connectivity index is 1.70. The molecule has 0 aliphatic carbocycles. The van der Waals surface area contributed by atoms with Crippen molar-refractivity contribution in [3.05, 3.63) is 66.1 Å². The maximum Gasteiger partial charge on any atom is 0.271 e. The highest BCUT2D eigenvalue weighted by molar-refractivity contribution is 5.95. The van der Waals surface area contributed by atoms with Crippen molar-refractivity contribution in [2.24, 2.45) is 5.10 Å². The van der Waals surface area contributed by atoms with Crippen molar-refractivity contribution in [2.45, 2.75) is 0 Å². The third-order valence-electron chi connectivity index (χ3n) is 2.86. The number of aromatic amines is 1. The first-order valence-electron chi connectivity index (χ1n) is 6.14. The lowest BCUT2D eigenvalue weighted by Gasteiger charge is -1.97. The van der Waals surface area contributed by atoms with Crippen molar-refractivity contribution in [3.8, 4) is 0 Å². The highest BCUT2D eigenvalue weighted by Crippen LogP contribution is 2.13. The van der Waals surface area contributed by atoms with Crippen molar-refractivity contribution in [2.75, 3.05) is 0 Å². The predicted molar refractivity (Wildman–Crippen MR) is 77.6 cm³/mol. The zero-order valence-electron chi connectivity index (χ0n) is 10.6. The number of nitrogens with zero attached hydrogens (tertiary/aromatic N) is 2. The highest BCUT2D eigenvalue weighted by atomic mass is 16.2. The molecule has 1 amide bonds. The number of rotatable bonds is 3. The van der Waals surface area contributed by atoms with E-state index in [-0.39, 0.29) is 5.91 Å². The fourth-order valence-corrected chi connectivity index (χ4v) is 1.89. The van der Waals surface area contributed by atoms with Crippen LogP contribution in [0.2, 0.25) is 0 Å². The molecule has 0 aliphatic rings. The lowest BCUT2D eigenvalue weighted by Crippen LogP contribution is -2.17. The molecule has 3 rings (SSSR count). The number of carbonyl (C=O) groups is 1. The third-order valence-corrected chi connectivity index (χ3v) is 2.86. The number of hydrogen-bond acceptors (Lipinski definition) is 3. The van der Waals surface area contributed by atoms with E-state index in [4.69, 9.17) is 0 Å². The second-order valence-corrected chi connectivity index (χ2v) is 4.25. The molecule has 98 valence electrons. The lowest BCUT2D eigenvalue weighted by atomic mass is 10.2. The molecule has 0 atom stereocenters. The molecule has 0 bridgehead atoms. The van der Waals surface area contributed by atoms with Crippen molar-refractivity contribution < 1.29 is 4.79 Å². The molecule has 0 spiro atoms. The van der Waals surface area contributed by atoms with Gasteiger partial charge >= 0.3 is 0 Å². The minimum atomic E-state index is -0.264. The summed E-state index contributed by atoms with van der Waals surface area (Å²) in [6, 6.07) is 13.2. The Morgan fingerprint density at radius 2 is 2.00 bits per heavy atom. The standard InChI is InChI=1S/C15H12N4O/c20-15(11-5-7-16-8-6-11)19-17-10-13-9-12-3-1-2-4-14(12)18-13/h1-10,18H,(H,19,20)/b17-10+. The predicted octanol–water partition coefficient (Wildman–Crippen LogP) is 2.33. The van der Waals surface area contributed by atoms with Gasteiger partial charge < -0.3 is 4.98 Å². The van der Waals surface area contributed by atoms with Gasteiger partial charge in [0.1, 0.15) is 0 Å². The van der Waals surface area contributed by atoms with Crippen LogP contribution in [0.5, 0.6) is 0 Å². The Morgan fingerprint density at radius 1 is 1.20 bits per heavy atom. The molecule has 5 heteroatoms. The zero-order valence-corrected chi connectivity index (χ0v) is 10.6. The molecule has 0 aliphatic heterocycles. The Bertz CT molecular complexity index is 729. The second-order valence-electron chi connectivity index (χ2n) is 4.25. The number of nitrogens with one attached hydrogen (secondary N) is 2. The van der Waals surface area contributed by atoms with E-state index in [9.17, 15) is 4.79 Å². The number of hydrazone groups is 1. The van der Waals surface area contributed by atoms with Crippen LogP contribution in [0.1, 0.15) is 16.1 Å². The average Bonchev–Trinajstić information content (AvgIpc) is 2.90. The summed E-state index contributed by atoms with van der Waals surface area (Å²) in [5, 5.41) is 5.04. The first-order chi connectivity index (χ1) is 9.83. The number of amides is 1. The van der Waals surface area contributed by atoms with Crippen LogP contribution in [0.3, 0.4) is 0 Å². The number of carbonyl (C=O) groups excluding carboxylic acids is 1. The van der Waals surface area contributed by atoms with Crippen LogP contribution in [0, 0.1) is 0 Å². The molecule has 20 heavy (non-hydrogen) atoms. The topological polar surface area (TPSA) is 70.1 Å². The quantitative estimate of drug-likeness (QED) is 0.563. The number of H-pyrrole nitrogens is 1. The summed E-state index contributed by atoms with van der Waals surface area (Å²) in [7, 11) is 0. The van der Waals surface area contributed by atoms with Gasteiger partial charge in [-0.25, -0.2) is 5.43 Å². The lowest BCUT2D eigenvalue weighted by molar-refractivity contribution is 0.0955. The van der Waals surface area contributed by atoms with Gasteiger partial charge in [0.25, 0.3) is 5.91 Å². The van der Waals surface area contributed by atoms with Crippen LogP contribution in [-0.2, 0) is 0 Å². The number of para-hydroxylation sites is 1. The molecule has 0 unspecified atom stereocenters. The van der Waals surface area contributed by atoms with E-state index in [0.717, 1.165) is 16.6 Å². The first-order valence-corrected chi connectivity index (χ1v) is 6.14. The minimum absolute atomic E-state index is 0.264. The highest BCUT2D eigenvalue weighted by Gasteiger charge is 2.02. The van der Waals surface area contributed by atoms with Gasteiger partial charge in [-0.05, 0) is 24.3 Å². The van der Waals surface area contributed by atoms with Crippen LogP contribution in [0.25, 0.3) is 10.9 Å². The zero-order chi connectivity index (χ0) is 13.8. The largest absolute Gasteiger partial charge is 0.354 e. The summed E-state index contributed by atoms with van der Waals surface area (Å²) >= 11 is 0. The normalized spacial score (nSPS) is 11.0. The molecule has 1 aromatic carbocycles. The van der Waals surface area contributed by atoms with E-state index in [1.807, 2.05) is 30.3 Å².